The van der Waals surface area contributed by atoms with Gasteiger partial charge in [0, 0.05) is 22.5 Å². The van der Waals surface area contributed by atoms with Crippen LogP contribution in [0, 0.1) is 6.92 Å². The number of hydrogen-bond donors (Lipinski definition) is 2. The Labute approximate surface area is 163 Å². The van der Waals surface area contributed by atoms with Crippen molar-refractivity contribution in [2.24, 2.45) is 0 Å². The van der Waals surface area contributed by atoms with Crippen LogP contribution in [-0.4, -0.2) is 38.3 Å². The predicted octanol–water partition coefficient (Wildman–Crippen LogP) is 2.82. The van der Waals surface area contributed by atoms with Crippen molar-refractivity contribution >= 4 is 38.9 Å². The fourth-order valence-electron chi connectivity index (χ4n) is 2.40. The van der Waals surface area contributed by atoms with Crippen LogP contribution in [0.5, 0.6) is 0 Å². The third-order valence-electron chi connectivity index (χ3n) is 3.79. The Balaban J connectivity index is 2.15. The van der Waals surface area contributed by atoms with Crippen molar-refractivity contribution in [2.45, 2.75) is 19.4 Å². The van der Waals surface area contributed by atoms with Crippen molar-refractivity contribution in [1.29, 1.82) is 0 Å². The van der Waals surface area contributed by atoms with Gasteiger partial charge in [-0.1, -0.05) is 23.7 Å². The maximum atomic E-state index is 12.6. The van der Waals surface area contributed by atoms with Crippen LogP contribution in [0.1, 0.15) is 22.3 Å². The van der Waals surface area contributed by atoms with Gasteiger partial charge in [-0.2, -0.15) is 0 Å². The number of carbonyl (C=O) groups is 2. The second-order valence-corrected chi connectivity index (χ2v) is 9.01. The van der Waals surface area contributed by atoms with E-state index >= 15 is 0 Å². The molecule has 0 aliphatic rings. The zero-order valence-electron chi connectivity index (χ0n) is 15.0. The predicted molar refractivity (Wildman–Crippen MR) is 107 cm³/mol. The van der Waals surface area contributed by atoms with Crippen LogP contribution >= 0.6 is 11.6 Å². The minimum absolute atomic E-state index is 0.0319. The van der Waals surface area contributed by atoms with Crippen LogP contribution in [-0.2, 0) is 14.6 Å². The zero-order chi connectivity index (χ0) is 20.0. The summed E-state index contributed by atoms with van der Waals surface area (Å²) in [4.78, 5) is 25.0. The van der Waals surface area contributed by atoms with Crippen LogP contribution in [0.3, 0.4) is 0 Å². The van der Waals surface area contributed by atoms with Gasteiger partial charge < -0.3 is 10.6 Å². The second-order valence-electron chi connectivity index (χ2n) is 6.31. The summed E-state index contributed by atoms with van der Waals surface area (Å²) in [5, 5.41) is 5.80. The van der Waals surface area contributed by atoms with E-state index in [0.717, 1.165) is 11.8 Å². The van der Waals surface area contributed by atoms with Crippen molar-refractivity contribution in [3.05, 3.63) is 64.7 Å². The molecule has 2 N–H and O–H groups in total. The quantitative estimate of drug-likeness (QED) is 0.736. The van der Waals surface area contributed by atoms with Crippen molar-refractivity contribution < 1.29 is 18.0 Å². The van der Waals surface area contributed by atoms with Gasteiger partial charge in [0.1, 0.15) is 15.9 Å². The van der Waals surface area contributed by atoms with Crippen LogP contribution in [0.2, 0.25) is 5.02 Å². The molecule has 8 heteroatoms. The molecule has 27 heavy (non-hydrogen) atoms. The Morgan fingerprint density at radius 1 is 1.11 bits per heavy atom. The summed E-state index contributed by atoms with van der Waals surface area (Å²) in [7, 11) is -3.29. The Bertz CT molecular complexity index is 927. The van der Waals surface area contributed by atoms with Gasteiger partial charge >= 0.3 is 0 Å². The van der Waals surface area contributed by atoms with Crippen molar-refractivity contribution in [2.75, 3.05) is 17.3 Å². The zero-order valence-corrected chi connectivity index (χ0v) is 16.6. The lowest BCUT2D eigenvalue weighted by Crippen LogP contribution is -2.44. The molecule has 2 aromatic carbocycles. The summed E-state index contributed by atoms with van der Waals surface area (Å²) in [6.07, 6.45) is 1.05. The Kier molecular flexibility index (Phi) is 6.98. The molecule has 0 radical (unpaired) electrons. The van der Waals surface area contributed by atoms with Gasteiger partial charge in [0.2, 0.25) is 5.91 Å². The molecule has 0 aromatic heterocycles. The summed E-state index contributed by atoms with van der Waals surface area (Å²) in [6, 6.07) is 12.4. The molecule has 0 aliphatic carbocycles. The normalized spacial score (nSPS) is 12.3. The van der Waals surface area contributed by atoms with Crippen molar-refractivity contribution in [3.8, 4) is 0 Å². The summed E-state index contributed by atoms with van der Waals surface area (Å²) < 4.78 is 23.0. The maximum absolute atomic E-state index is 12.6. The van der Waals surface area contributed by atoms with E-state index in [0.29, 0.717) is 16.3 Å². The molecule has 2 rings (SSSR count). The first-order valence-corrected chi connectivity index (χ1v) is 10.7. The maximum Gasteiger partial charge on any atom is 0.251 e. The summed E-state index contributed by atoms with van der Waals surface area (Å²) in [5.41, 5.74) is 1.86. The van der Waals surface area contributed by atoms with E-state index in [1.54, 1.807) is 30.3 Å². The van der Waals surface area contributed by atoms with E-state index in [-0.39, 0.29) is 12.2 Å². The number of benzene rings is 2. The highest BCUT2D eigenvalue weighted by molar-refractivity contribution is 7.90. The first-order chi connectivity index (χ1) is 12.6. The fraction of sp³-hybridized carbons (Fsp3) is 0.263. The highest BCUT2D eigenvalue weighted by Crippen LogP contribution is 2.12. The SMILES string of the molecule is Cc1cccc(NC(=O)[C@H](CCS(C)(=O)=O)NC(=O)c2ccc(Cl)cc2)c1. The average Bonchev–Trinajstić information content (AvgIpc) is 2.58. The lowest BCUT2D eigenvalue weighted by molar-refractivity contribution is -0.118. The Hall–Kier alpha value is -2.38. The largest absolute Gasteiger partial charge is 0.340 e. The molecule has 0 fully saturated rings. The smallest absolute Gasteiger partial charge is 0.251 e. The highest BCUT2D eigenvalue weighted by Gasteiger charge is 2.23. The molecule has 1 atom stereocenters. The fourth-order valence-corrected chi connectivity index (χ4v) is 3.19. The summed E-state index contributed by atoms with van der Waals surface area (Å²) in [5.74, 6) is -1.18. The molecule has 0 saturated carbocycles. The number of hydrogen-bond acceptors (Lipinski definition) is 4. The van der Waals surface area contributed by atoms with Crippen LogP contribution in [0.25, 0.3) is 0 Å². The number of amides is 2. The third kappa shape index (κ3) is 7.03. The van der Waals surface area contributed by atoms with E-state index in [2.05, 4.69) is 10.6 Å². The van der Waals surface area contributed by atoms with Crippen LogP contribution in [0.15, 0.2) is 48.5 Å². The number of rotatable bonds is 7. The molecule has 0 saturated heterocycles. The average molecular weight is 409 g/mol. The molecular weight excluding hydrogens is 388 g/mol. The van der Waals surface area contributed by atoms with Crippen molar-refractivity contribution in [1.82, 2.24) is 5.32 Å². The minimum Gasteiger partial charge on any atom is -0.340 e. The number of carbonyl (C=O) groups excluding carboxylic acids is 2. The number of nitrogens with one attached hydrogen (secondary N) is 2. The molecule has 0 heterocycles. The number of aryl methyl sites for hydroxylation is 1. The standard InChI is InChI=1S/C19H21ClN2O4S/c1-13-4-3-5-16(12-13)21-19(24)17(10-11-27(2,25)26)22-18(23)14-6-8-15(20)9-7-14/h3-9,12,17H,10-11H2,1-2H3,(H,21,24)(H,22,23)/t17-/m0/s1. The molecule has 0 unspecified atom stereocenters. The molecule has 2 aromatic rings. The van der Waals surface area contributed by atoms with E-state index in [1.165, 1.54) is 12.1 Å². The second kappa shape index (κ2) is 9.01. The van der Waals surface area contributed by atoms with Gasteiger partial charge in [-0.25, -0.2) is 8.42 Å². The Morgan fingerprint density at radius 2 is 1.78 bits per heavy atom. The topological polar surface area (TPSA) is 92.3 Å². The van der Waals surface area contributed by atoms with Crippen LogP contribution < -0.4 is 10.6 Å². The van der Waals surface area contributed by atoms with E-state index in [4.69, 9.17) is 11.6 Å². The minimum atomic E-state index is -3.29. The summed E-state index contributed by atoms with van der Waals surface area (Å²) in [6.45, 7) is 1.89. The molecule has 0 aliphatic heterocycles. The third-order valence-corrected chi connectivity index (χ3v) is 5.02. The van der Waals surface area contributed by atoms with Gasteiger partial charge in [0.05, 0.1) is 5.75 Å². The van der Waals surface area contributed by atoms with Crippen molar-refractivity contribution in [3.63, 3.8) is 0 Å². The van der Waals surface area contributed by atoms with Crippen LogP contribution in [0.4, 0.5) is 5.69 Å². The van der Waals surface area contributed by atoms with Gasteiger partial charge in [0.15, 0.2) is 0 Å². The van der Waals surface area contributed by atoms with Gasteiger partial charge in [-0.05, 0) is 55.3 Å². The van der Waals surface area contributed by atoms with Gasteiger partial charge in [-0.15, -0.1) is 0 Å². The highest BCUT2D eigenvalue weighted by atomic mass is 35.5. The Morgan fingerprint density at radius 3 is 2.37 bits per heavy atom. The first kappa shape index (κ1) is 20.9. The first-order valence-electron chi connectivity index (χ1n) is 8.26. The molecule has 2 amide bonds. The molecule has 6 nitrogen and oxygen atoms in total. The van der Waals surface area contributed by atoms with Gasteiger partial charge in [-0.3, -0.25) is 9.59 Å². The van der Waals surface area contributed by atoms with E-state index < -0.39 is 27.7 Å². The molecular formula is C19H21ClN2O4S. The van der Waals surface area contributed by atoms with E-state index in [9.17, 15) is 18.0 Å². The molecule has 0 bridgehead atoms. The monoisotopic (exact) mass is 408 g/mol. The lowest BCUT2D eigenvalue weighted by Gasteiger charge is -2.18. The lowest BCUT2D eigenvalue weighted by atomic mass is 10.1. The number of sulfone groups is 1. The molecule has 0 spiro atoms. The molecule has 144 valence electrons. The van der Waals surface area contributed by atoms with E-state index in [1.807, 2.05) is 13.0 Å². The number of anilines is 1. The number of halogens is 1. The summed E-state index contributed by atoms with van der Waals surface area (Å²) >= 11 is 5.81. The van der Waals surface area contributed by atoms with Gasteiger partial charge in [0.25, 0.3) is 5.91 Å².